The Kier molecular flexibility index (Phi) is 3.94. The average Bonchev–Trinajstić information content (AvgIpc) is 3.08. The number of pyridine rings is 1. The number of hydrogen-bond acceptors (Lipinski definition) is 4. The van der Waals surface area contributed by atoms with Crippen molar-refractivity contribution >= 4 is 16.9 Å². The number of fused-ring (bicyclic) bond motifs is 2. The van der Waals surface area contributed by atoms with Gasteiger partial charge in [0, 0.05) is 37.8 Å². The second-order valence-electron chi connectivity index (χ2n) is 6.96. The summed E-state index contributed by atoms with van der Waals surface area (Å²) in [4.78, 5) is 31.6. The van der Waals surface area contributed by atoms with Crippen LogP contribution in [0.4, 0.5) is 0 Å². The molecular weight excluding hydrogens is 332 g/mol. The molecule has 7 nitrogen and oxygen atoms in total. The van der Waals surface area contributed by atoms with Gasteiger partial charge in [0.1, 0.15) is 5.76 Å². The maximum absolute atomic E-state index is 13.0. The summed E-state index contributed by atoms with van der Waals surface area (Å²) < 4.78 is 7.12. The van der Waals surface area contributed by atoms with E-state index in [1.54, 1.807) is 18.0 Å². The summed E-state index contributed by atoms with van der Waals surface area (Å²) in [6.07, 6.45) is 3.69. The lowest BCUT2D eigenvalue weighted by atomic mass is 10.0. The lowest BCUT2D eigenvalue weighted by Crippen LogP contribution is -2.32. The molecule has 4 rings (SSSR count). The zero-order chi connectivity index (χ0) is 18.4. The first kappa shape index (κ1) is 16.6. The van der Waals surface area contributed by atoms with Crippen LogP contribution in [-0.4, -0.2) is 32.1 Å². The highest BCUT2D eigenvalue weighted by Gasteiger charge is 2.23. The summed E-state index contributed by atoms with van der Waals surface area (Å²) in [5.41, 5.74) is 4.00. The number of H-pyrrole nitrogens is 1. The van der Waals surface area contributed by atoms with Gasteiger partial charge in [-0.25, -0.2) is 4.98 Å². The number of aromatic amines is 1. The second kappa shape index (κ2) is 6.16. The van der Waals surface area contributed by atoms with Crippen molar-refractivity contribution in [2.45, 2.75) is 39.7 Å². The quantitative estimate of drug-likeness (QED) is 0.763. The number of nitrogens with one attached hydrogen (secondary N) is 1. The van der Waals surface area contributed by atoms with Gasteiger partial charge in [-0.2, -0.15) is 0 Å². The molecule has 0 unspecified atom stereocenters. The predicted octanol–water partition coefficient (Wildman–Crippen LogP) is 1.99. The van der Waals surface area contributed by atoms with Gasteiger partial charge in [-0.1, -0.05) is 0 Å². The number of carbonyl (C=O) groups excluding carboxylic acids is 1. The third kappa shape index (κ3) is 2.64. The van der Waals surface area contributed by atoms with Crippen molar-refractivity contribution in [3.8, 4) is 0 Å². The lowest BCUT2D eigenvalue weighted by molar-refractivity contribution is -0.131. The number of carbonyl (C=O) groups is 1. The Labute approximate surface area is 150 Å². The second-order valence-corrected chi connectivity index (χ2v) is 6.96. The Morgan fingerprint density at radius 1 is 1.38 bits per heavy atom. The van der Waals surface area contributed by atoms with Gasteiger partial charge in [0.15, 0.2) is 5.65 Å². The number of aryl methyl sites for hydroxylation is 4. The van der Waals surface area contributed by atoms with Crippen LogP contribution in [0.5, 0.6) is 0 Å². The molecule has 0 saturated carbocycles. The van der Waals surface area contributed by atoms with E-state index in [0.717, 1.165) is 41.0 Å². The number of nitrogens with zero attached hydrogens (tertiary/aromatic N) is 3. The molecule has 0 radical (unpaired) electrons. The first-order valence-corrected chi connectivity index (χ1v) is 8.83. The van der Waals surface area contributed by atoms with E-state index in [-0.39, 0.29) is 17.9 Å². The van der Waals surface area contributed by atoms with Gasteiger partial charge in [0.2, 0.25) is 5.91 Å². The van der Waals surface area contributed by atoms with Crippen LogP contribution in [0.2, 0.25) is 0 Å². The predicted molar refractivity (Wildman–Crippen MR) is 97.0 cm³/mol. The molecule has 0 fully saturated rings. The van der Waals surface area contributed by atoms with Gasteiger partial charge in [-0.15, -0.1) is 0 Å². The van der Waals surface area contributed by atoms with Crippen LogP contribution in [0.1, 0.15) is 34.6 Å². The highest BCUT2D eigenvalue weighted by Crippen LogP contribution is 2.23. The van der Waals surface area contributed by atoms with Gasteiger partial charge in [0.05, 0.1) is 18.1 Å². The molecule has 4 heterocycles. The van der Waals surface area contributed by atoms with Crippen LogP contribution in [-0.2, 0) is 31.2 Å². The molecule has 0 spiro atoms. The molecule has 1 aliphatic heterocycles. The summed E-state index contributed by atoms with van der Waals surface area (Å²) in [5.74, 6) is 1.03. The monoisotopic (exact) mass is 354 g/mol. The van der Waals surface area contributed by atoms with E-state index < -0.39 is 0 Å². The fraction of sp³-hybridized carbons (Fsp3) is 0.421. The first-order chi connectivity index (χ1) is 12.5. The SMILES string of the molecule is Cc1nc2c(c(C)c1CC(=O)N1CCCc3occc3C1)c(=O)[nH]n2C. The fourth-order valence-corrected chi connectivity index (χ4v) is 3.83. The lowest BCUT2D eigenvalue weighted by Gasteiger charge is -2.21. The zero-order valence-corrected chi connectivity index (χ0v) is 15.3. The molecule has 0 aliphatic carbocycles. The van der Waals surface area contributed by atoms with Crippen LogP contribution < -0.4 is 5.56 Å². The molecule has 136 valence electrons. The molecule has 1 aliphatic rings. The third-order valence-electron chi connectivity index (χ3n) is 5.29. The van der Waals surface area contributed by atoms with Gasteiger partial charge in [0.25, 0.3) is 5.56 Å². The zero-order valence-electron chi connectivity index (χ0n) is 15.3. The third-order valence-corrected chi connectivity index (χ3v) is 5.29. The van der Waals surface area contributed by atoms with Gasteiger partial charge in [-0.3, -0.25) is 19.4 Å². The number of furan rings is 1. The molecule has 3 aromatic heterocycles. The van der Waals surface area contributed by atoms with E-state index in [9.17, 15) is 9.59 Å². The maximum Gasteiger partial charge on any atom is 0.273 e. The van der Waals surface area contributed by atoms with E-state index in [0.29, 0.717) is 24.1 Å². The van der Waals surface area contributed by atoms with Gasteiger partial charge >= 0.3 is 0 Å². The Hall–Kier alpha value is -2.83. The van der Waals surface area contributed by atoms with Gasteiger partial charge in [-0.05, 0) is 37.5 Å². The standard InChI is InChI=1S/C19H22N4O3/c1-11-14(12(2)20-18-17(11)19(25)21-22(18)3)9-16(24)23-7-4-5-15-13(10-23)6-8-26-15/h6,8H,4-5,7,9-10H2,1-3H3,(H,21,25). The van der Waals surface area contributed by atoms with E-state index in [1.165, 1.54) is 0 Å². The largest absolute Gasteiger partial charge is 0.469 e. The van der Waals surface area contributed by atoms with E-state index >= 15 is 0 Å². The Morgan fingerprint density at radius 2 is 2.19 bits per heavy atom. The van der Waals surface area contributed by atoms with Crippen LogP contribution in [0.3, 0.4) is 0 Å². The number of amides is 1. The summed E-state index contributed by atoms with van der Waals surface area (Å²) in [6, 6.07) is 1.94. The minimum atomic E-state index is -0.168. The Balaban J connectivity index is 1.66. The van der Waals surface area contributed by atoms with E-state index in [4.69, 9.17) is 4.42 Å². The number of hydrogen-bond donors (Lipinski definition) is 1. The molecule has 0 atom stereocenters. The number of rotatable bonds is 2. The summed E-state index contributed by atoms with van der Waals surface area (Å²) in [7, 11) is 1.76. The molecule has 3 aromatic rings. The molecule has 0 saturated heterocycles. The summed E-state index contributed by atoms with van der Waals surface area (Å²) in [6.45, 7) is 5.07. The van der Waals surface area contributed by atoms with Crippen LogP contribution in [0.15, 0.2) is 21.5 Å². The van der Waals surface area contributed by atoms with Crippen molar-refractivity contribution in [3.63, 3.8) is 0 Å². The Bertz CT molecular complexity index is 1060. The molecule has 0 aromatic carbocycles. The fourth-order valence-electron chi connectivity index (χ4n) is 3.83. The summed E-state index contributed by atoms with van der Waals surface area (Å²) in [5, 5.41) is 3.30. The van der Waals surface area contributed by atoms with Crippen molar-refractivity contribution in [2.24, 2.45) is 7.05 Å². The Morgan fingerprint density at radius 3 is 3.00 bits per heavy atom. The van der Waals surface area contributed by atoms with Crippen LogP contribution in [0, 0.1) is 13.8 Å². The topological polar surface area (TPSA) is 84.1 Å². The average molecular weight is 354 g/mol. The summed E-state index contributed by atoms with van der Waals surface area (Å²) >= 11 is 0. The van der Waals surface area contributed by atoms with E-state index in [1.807, 2.05) is 24.8 Å². The van der Waals surface area contributed by atoms with Crippen LogP contribution in [0.25, 0.3) is 11.0 Å². The normalized spacial score (nSPS) is 14.5. The first-order valence-electron chi connectivity index (χ1n) is 8.83. The molecule has 7 heteroatoms. The maximum atomic E-state index is 13.0. The molecule has 26 heavy (non-hydrogen) atoms. The highest BCUT2D eigenvalue weighted by molar-refractivity contribution is 5.84. The van der Waals surface area contributed by atoms with E-state index in [2.05, 4.69) is 10.1 Å². The van der Waals surface area contributed by atoms with Crippen molar-refractivity contribution in [2.75, 3.05) is 6.54 Å². The van der Waals surface area contributed by atoms with Crippen LogP contribution >= 0.6 is 0 Å². The smallest absolute Gasteiger partial charge is 0.273 e. The molecule has 0 bridgehead atoms. The minimum absolute atomic E-state index is 0.0544. The molecule has 1 N–H and O–H groups in total. The highest BCUT2D eigenvalue weighted by atomic mass is 16.3. The van der Waals surface area contributed by atoms with Crippen molar-refractivity contribution in [1.29, 1.82) is 0 Å². The van der Waals surface area contributed by atoms with Gasteiger partial charge < -0.3 is 9.32 Å². The molecule has 1 amide bonds. The minimum Gasteiger partial charge on any atom is -0.469 e. The van der Waals surface area contributed by atoms with Crippen molar-refractivity contribution in [1.82, 2.24) is 19.7 Å². The number of aromatic nitrogens is 3. The molecular formula is C19H22N4O3. The van der Waals surface area contributed by atoms with Crippen molar-refractivity contribution < 1.29 is 9.21 Å². The van der Waals surface area contributed by atoms with Crippen molar-refractivity contribution in [3.05, 3.63) is 50.8 Å².